The lowest BCUT2D eigenvalue weighted by Crippen LogP contribution is -1.93. The van der Waals surface area contributed by atoms with E-state index in [-0.39, 0.29) is 12.4 Å². The summed E-state index contributed by atoms with van der Waals surface area (Å²) >= 11 is 5.51. The van der Waals surface area contributed by atoms with Crippen LogP contribution in [0, 0.1) is 5.82 Å². The van der Waals surface area contributed by atoms with Crippen molar-refractivity contribution in [2.45, 2.75) is 6.42 Å². The summed E-state index contributed by atoms with van der Waals surface area (Å²) in [7, 11) is 0. The van der Waals surface area contributed by atoms with E-state index in [4.69, 9.17) is 16.7 Å². The molecule has 0 unspecified atom stereocenters. The van der Waals surface area contributed by atoms with Gasteiger partial charge in [0, 0.05) is 11.6 Å². The second-order valence-corrected chi connectivity index (χ2v) is 2.65. The molecule has 0 heterocycles. The minimum atomic E-state index is -0.355. The molecule has 0 saturated heterocycles. The van der Waals surface area contributed by atoms with E-state index in [1.165, 1.54) is 6.07 Å². The van der Waals surface area contributed by atoms with E-state index >= 15 is 0 Å². The number of aliphatic hydroxyl groups excluding tert-OH is 1. The third-order valence-corrected chi connectivity index (χ3v) is 1.63. The van der Waals surface area contributed by atoms with Crippen molar-refractivity contribution in [1.82, 2.24) is 0 Å². The van der Waals surface area contributed by atoms with E-state index in [1.807, 2.05) is 0 Å². The van der Waals surface area contributed by atoms with Crippen LogP contribution in [-0.2, 0) is 6.42 Å². The zero-order chi connectivity index (χ0) is 8.27. The van der Waals surface area contributed by atoms with Crippen molar-refractivity contribution in [2.75, 3.05) is 6.61 Å². The molecule has 0 fully saturated rings. The molecule has 1 rings (SSSR count). The van der Waals surface area contributed by atoms with Gasteiger partial charge in [0.1, 0.15) is 5.82 Å². The van der Waals surface area contributed by atoms with E-state index in [0.717, 1.165) is 0 Å². The van der Waals surface area contributed by atoms with Gasteiger partial charge in [0.15, 0.2) is 0 Å². The molecule has 1 N–H and O–H groups in total. The van der Waals surface area contributed by atoms with Crippen LogP contribution >= 0.6 is 11.6 Å². The van der Waals surface area contributed by atoms with Gasteiger partial charge in [-0.2, -0.15) is 0 Å². The Bertz CT molecular complexity index is 250. The maximum Gasteiger partial charge on any atom is 0.127 e. The molecule has 0 amide bonds. The van der Waals surface area contributed by atoms with Gasteiger partial charge in [-0.3, -0.25) is 0 Å². The fourth-order valence-corrected chi connectivity index (χ4v) is 1.00. The first-order valence-corrected chi connectivity index (χ1v) is 3.66. The number of halogens is 2. The third-order valence-electron chi connectivity index (χ3n) is 1.40. The minimum absolute atomic E-state index is 0.0431. The molecule has 0 radical (unpaired) electrons. The second-order valence-electron chi connectivity index (χ2n) is 2.21. The first-order valence-electron chi connectivity index (χ1n) is 3.29. The third kappa shape index (κ3) is 2.17. The Hall–Kier alpha value is -0.600. The molecule has 0 aliphatic heterocycles. The second kappa shape index (κ2) is 3.69. The molecule has 11 heavy (non-hydrogen) atoms. The standard InChI is InChI=1S/C8H8ClFO/c9-7-2-1-6(3-4-11)8(10)5-7/h1-2,5,11H,3-4H2. The molecule has 1 aromatic carbocycles. The van der Waals surface area contributed by atoms with Gasteiger partial charge in [-0.1, -0.05) is 17.7 Å². The van der Waals surface area contributed by atoms with Crippen molar-refractivity contribution in [2.24, 2.45) is 0 Å². The van der Waals surface area contributed by atoms with Gasteiger partial charge in [-0.05, 0) is 24.1 Å². The summed E-state index contributed by atoms with van der Waals surface area (Å²) < 4.78 is 12.8. The summed E-state index contributed by atoms with van der Waals surface area (Å²) in [5.41, 5.74) is 0.497. The van der Waals surface area contributed by atoms with Gasteiger partial charge in [-0.25, -0.2) is 4.39 Å². The number of benzene rings is 1. The van der Waals surface area contributed by atoms with Gasteiger partial charge in [0.05, 0.1) is 0 Å². The summed E-state index contributed by atoms with van der Waals surface area (Å²) in [5, 5.41) is 8.89. The Kier molecular flexibility index (Phi) is 2.85. The SMILES string of the molecule is OCCc1ccc(Cl)cc1F. The Morgan fingerprint density at radius 3 is 2.73 bits per heavy atom. The molecule has 0 aliphatic rings. The number of hydrogen-bond acceptors (Lipinski definition) is 1. The van der Waals surface area contributed by atoms with Crippen LogP contribution < -0.4 is 0 Å². The van der Waals surface area contributed by atoms with E-state index in [2.05, 4.69) is 0 Å². The molecule has 0 bridgehead atoms. The predicted molar refractivity (Wildman–Crippen MR) is 42.2 cm³/mol. The van der Waals surface area contributed by atoms with E-state index in [9.17, 15) is 4.39 Å². The van der Waals surface area contributed by atoms with Gasteiger partial charge < -0.3 is 5.11 Å². The lowest BCUT2D eigenvalue weighted by molar-refractivity contribution is 0.297. The lowest BCUT2D eigenvalue weighted by atomic mass is 10.1. The molecule has 0 aliphatic carbocycles. The highest BCUT2D eigenvalue weighted by molar-refractivity contribution is 6.30. The van der Waals surface area contributed by atoms with E-state index in [1.54, 1.807) is 12.1 Å². The quantitative estimate of drug-likeness (QED) is 0.728. The Morgan fingerprint density at radius 2 is 2.18 bits per heavy atom. The molecule has 3 heteroatoms. The Labute approximate surface area is 69.4 Å². The summed E-state index contributed by atoms with van der Waals surface area (Å²) in [6.07, 6.45) is 0.336. The van der Waals surface area contributed by atoms with Gasteiger partial charge in [0.25, 0.3) is 0 Å². The molecular formula is C8H8ClFO. The van der Waals surface area contributed by atoms with Crippen LogP contribution in [0.2, 0.25) is 5.02 Å². The lowest BCUT2D eigenvalue weighted by Gasteiger charge is -1.99. The molecule has 60 valence electrons. The zero-order valence-electron chi connectivity index (χ0n) is 5.85. The number of hydrogen-bond donors (Lipinski definition) is 1. The molecule has 0 atom stereocenters. The maximum atomic E-state index is 12.8. The van der Waals surface area contributed by atoms with Crippen molar-refractivity contribution in [1.29, 1.82) is 0 Å². The van der Waals surface area contributed by atoms with Crippen LogP contribution in [0.25, 0.3) is 0 Å². The fourth-order valence-electron chi connectivity index (χ4n) is 0.845. The van der Waals surface area contributed by atoms with Crippen molar-refractivity contribution in [3.63, 3.8) is 0 Å². The van der Waals surface area contributed by atoms with Crippen molar-refractivity contribution in [3.8, 4) is 0 Å². The number of rotatable bonds is 2. The number of aliphatic hydroxyl groups is 1. The predicted octanol–water partition coefficient (Wildman–Crippen LogP) is 2.01. The summed E-state index contributed by atoms with van der Waals surface area (Å²) in [4.78, 5) is 0. The molecule has 0 saturated carbocycles. The molecule has 1 nitrogen and oxygen atoms in total. The smallest absolute Gasteiger partial charge is 0.127 e. The van der Waals surface area contributed by atoms with Gasteiger partial charge >= 0.3 is 0 Å². The average molecular weight is 175 g/mol. The first kappa shape index (κ1) is 8.50. The van der Waals surface area contributed by atoms with E-state index in [0.29, 0.717) is 17.0 Å². The topological polar surface area (TPSA) is 20.2 Å². The fraction of sp³-hybridized carbons (Fsp3) is 0.250. The average Bonchev–Trinajstić information content (AvgIpc) is 1.95. The van der Waals surface area contributed by atoms with Crippen molar-refractivity contribution in [3.05, 3.63) is 34.6 Å². The Morgan fingerprint density at radius 1 is 1.45 bits per heavy atom. The molecule has 0 spiro atoms. The Balaban J connectivity index is 2.90. The van der Waals surface area contributed by atoms with Crippen LogP contribution in [0.5, 0.6) is 0 Å². The highest BCUT2D eigenvalue weighted by atomic mass is 35.5. The summed E-state index contributed by atoms with van der Waals surface area (Å²) in [6, 6.07) is 4.43. The van der Waals surface area contributed by atoms with Crippen LogP contribution in [0.4, 0.5) is 4.39 Å². The normalized spacial score (nSPS) is 10.1. The largest absolute Gasteiger partial charge is 0.396 e. The van der Waals surface area contributed by atoms with Crippen LogP contribution in [0.15, 0.2) is 18.2 Å². The molecular weight excluding hydrogens is 167 g/mol. The van der Waals surface area contributed by atoms with Gasteiger partial charge in [0.2, 0.25) is 0 Å². The maximum absolute atomic E-state index is 12.8. The van der Waals surface area contributed by atoms with Crippen molar-refractivity contribution >= 4 is 11.6 Å². The monoisotopic (exact) mass is 174 g/mol. The summed E-state index contributed by atoms with van der Waals surface area (Å²) in [5.74, 6) is -0.355. The van der Waals surface area contributed by atoms with Crippen LogP contribution in [-0.4, -0.2) is 11.7 Å². The zero-order valence-corrected chi connectivity index (χ0v) is 6.61. The van der Waals surface area contributed by atoms with Crippen LogP contribution in [0.1, 0.15) is 5.56 Å². The molecule has 0 aromatic heterocycles. The summed E-state index contributed by atoms with van der Waals surface area (Å²) in [6.45, 7) is -0.0431. The highest BCUT2D eigenvalue weighted by Crippen LogP contribution is 2.14. The first-order chi connectivity index (χ1) is 5.24. The van der Waals surface area contributed by atoms with Gasteiger partial charge in [-0.15, -0.1) is 0 Å². The van der Waals surface area contributed by atoms with Crippen LogP contribution in [0.3, 0.4) is 0 Å². The van der Waals surface area contributed by atoms with E-state index < -0.39 is 0 Å². The highest BCUT2D eigenvalue weighted by Gasteiger charge is 2.00. The molecule has 1 aromatic rings. The van der Waals surface area contributed by atoms with Crippen molar-refractivity contribution < 1.29 is 9.50 Å². The minimum Gasteiger partial charge on any atom is -0.396 e.